The lowest BCUT2D eigenvalue weighted by molar-refractivity contribution is -0.161. The molecule has 0 saturated heterocycles. The fourth-order valence-corrected chi connectivity index (χ4v) is 12.3. The SMILES string of the molecule is CC/C=C\C/C=C\C/C=C\C/C=C\C/C=C\CCCCCC(=O)OCC(COP(=O)(O)OCC(O)COP(=O)(O)OCC(COC(=O)CCCCCCCC/C=C\C/C=C\C/C=C\C/C=C\CC)OC(=O)CCCCCCC/C=C\CCCC)OC(=O)CCCCCCCCCCCCCCCCC. The van der Waals surface area contributed by atoms with Crippen molar-refractivity contribution in [1.29, 1.82) is 0 Å². The van der Waals surface area contributed by atoms with E-state index in [2.05, 4.69) is 149 Å². The Balaban J connectivity index is 5.35. The predicted molar refractivity (Wildman–Crippen MR) is 427 cm³/mol. The average molecular weight is 1500 g/mol. The van der Waals surface area contributed by atoms with Crippen LogP contribution < -0.4 is 0 Å². The van der Waals surface area contributed by atoms with Crippen LogP contribution >= 0.6 is 15.6 Å². The molecule has 19 heteroatoms. The van der Waals surface area contributed by atoms with Gasteiger partial charge in [0, 0.05) is 25.7 Å². The molecule has 0 aromatic carbocycles. The number of carbonyl (C=O) groups is 4. The van der Waals surface area contributed by atoms with Crippen molar-refractivity contribution in [3.63, 3.8) is 0 Å². The molecule has 5 atom stereocenters. The molecule has 3 N–H and O–H groups in total. The van der Waals surface area contributed by atoms with Crippen molar-refractivity contribution in [2.75, 3.05) is 39.6 Å². The number of esters is 4. The minimum absolute atomic E-state index is 0.0792. The Morgan fingerprint density at radius 2 is 0.510 bits per heavy atom. The van der Waals surface area contributed by atoms with E-state index in [-0.39, 0.29) is 25.7 Å². The van der Waals surface area contributed by atoms with E-state index in [0.29, 0.717) is 25.7 Å². The number of phosphoric ester groups is 2. The largest absolute Gasteiger partial charge is 0.472 e. The second kappa shape index (κ2) is 76.6. The summed E-state index contributed by atoms with van der Waals surface area (Å²) in [4.78, 5) is 73.0. The van der Waals surface area contributed by atoms with Gasteiger partial charge in [-0.2, -0.15) is 0 Å². The maximum atomic E-state index is 13.1. The van der Waals surface area contributed by atoms with Crippen LogP contribution in [-0.4, -0.2) is 96.7 Å². The van der Waals surface area contributed by atoms with Crippen molar-refractivity contribution >= 4 is 39.5 Å². The molecule has 0 bridgehead atoms. The van der Waals surface area contributed by atoms with E-state index in [9.17, 15) is 43.2 Å². The van der Waals surface area contributed by atoms with Crippen molar-refractivity contribution in [2.45, 2.75) is 354 Å². The van der Waals surface area contributed by atoms with Gasteiger partial charge in [-0.05, 0) is 128 Å². The molecule has 0 aliphatic heterocycles. The summed E-state index contributed by atoms with van der Waals surface area (Å²) in [6, 6.07) is 0. The van der Waals surface area contributed by atoms with Gasteiger partial charge in [0.15, 0.2) is 12.2 Å². The van der Waals surface area contributed by atoms with Gasteiger partial charge in [0.25, 0.3) is 0 Å². The summed E-state index contributed by atoms with van der Waals surface area (Å²) in [6.07, 6.45) is 84.6. The number of aliphatic hydroxyl groups is 1. The zero-order chi connectivity index (χ0) is 76.0. The molecule has 104 heavy (non-hydrogen) atoms. The molecular formula is C85H146O17P2. The molecule has 0 aliphatic rings. The van der Waals surface area contributed by atoms with Crippen molar-refractivity contribution in [3.8, 4) is 0 Å². The Bertz CT molecular complexity index is 2440. The number of unbranched alkanes of at least 4 members (excludes halogenated alkanes) is 30. The van der Waals surface area contributed by atoms with Crippen LogP contribution in [0, 0.1) is 0 Å². The second-order valence-electron chi connectivity index (χ2n) is 27.0. The Morgan fingerprint density at radius 1 is 0.279 bits per heavy atom. The van der Waals surface area contributed by atoms with Crippen LogP contribution in [-0.2, 0) is 65.4 Å². The van der Waals surface area contributed by atoms with E-state index in [1.54, 1.807) is 0 Å². The molecule has 0 spiro atoms. The van der Waals surface area contributed by atoms with E-state index in [0.717, 1.165) is 180 Å². The number of rotatable bonds is 76. The number of phosphoric acid groups is 2. The number of hydrogen-bond donors (Lipinski definition) is 3. The van der Waals surface area contributed by atoms with Gasteiger partial charge in [-0.3, -0.25) is 37.3 Å². The van der Waals surface area contributed by atoms with Gasteiger partial charge >= 0.3 is 39.5 Å². The lowest BCUT2D eigenvalue weighted by Gasteiger charge is -2.21. The summed E-state index contributed by atoms with van der Waals surface area (Å²) >= 11 is 0. The van der Waals surface area contributed by atoms with E-state index in [1.165, 1.54) is 77.0 Å². The molecule has 0 saturated carbocycles. The Kier molecular flexibility index (Phi) is 73.3. The Morgan fingerprint density at radius 3 is 0.817 bits per heavy atom. The van der Waals surface area contributed by atoms with Crippen molar-refractivity contribution in [1.82, 2.24) is 0 Å². The third-order valence-corrected chi connectivity index (χ3v) is 18.8. The van der Waals surface area contributed by atoms with Gasteiger partial charge in [0.1, 0.15) is 19.3 Å². The van der Waals surface area contributed by atoms with Crippen LogP contribution in [0.5, 0.6) is 0 Å². The fraction of sp³-hybridized carbons (Fsp3) is 0.718. The zero-order valence-corrected chi connectivity index (χ0v) is 67.2. The standard InChI is InChI=1S/C85H146O17P2/c1-5-9-13-17-21-25-29-32-35-37-39-41-44-46-50-53-57-61-65-69-82(87)95-75-80(101-84(89)71-67-63-59-55-49-28-24-20-16-12-8-4)77-99-103(91,92)97-73-79(86)74-98-104(93,94)100-78-81(102-85(90)72-68-64-60-56-52-48-43-34-31-27-23-19-15-11-7-3)76-96-83(88)70-66-62-58-54-51-47-45-42-40-38-36-33-30-26-22-18-14-10-6-2/h9-10,13-14,20-22,24-26,32-33,35-36,39-42,47,51,79-81,86H,5-8,11-12,15-19,23,27-31,34,37-38,43-46,48-50,52-78H2,1-4H3,(H,91,92)(H,93,94)/b13-9-,14-10-,24-20-,25-21-,26-22-,35-32-,36-33-,41-39-,42-40-,51-47-. The molecule has 0 aliphatic carbocycles. The van der Waals surface area contributed by atoms with Crippen LogP contribution in [0.1, 0.15) is 336 Å². The normalized spacial score (nSPS) is 14.5. The first kappa shape index (κ1) is 99.5. The van der Waals surface area contributed by atoms with Gasteiger partial charge < -0.3 is 33.8 Å². The Labute approximate surface area is 632 Å². The summed E-state index contributed by atoms with van der Waals surface area (Å²) in [5, 5.41) is 10.6. The van der Waals surface area contributed by atoms with Gasteiger partial charge in [0.2, 0.25) is 0 Å². The summed E-state index contributed by atoms with van der Waals surface area (Å²) in [7, 11) is -9.97. The summed E-state index contributed by atoms with van der Waals surface area (Å²) in [5.74, 6) is -2.22. The second-order valence-corrected chi connectivity index (χ2v) is 29.9. The highest BCUT2D eigenvalue weighted by Crippen LogP contribution is 2.45. The average Bonchev–Trinajstić information content (AvgIpc) is 0.929. The molecule has 0 aromatic rings. The molecule has 17 nitrogen and oxygen atoms in total. The smallest absolute Gasteiger partial charge is 0.462 e. The van der Waals surface area contributed by atoms with Gasteiger partial charge in [0.05, 0.1) is 26.4 Å². The summed E-state index contributed by atoms with van der Waals surface area (Å²) in [5.41, 5.74) is 0. The predicted octanol–water partition coefficient (Wildman–Crippen LogP) is 23.9. The van der Waals surface area contributed by atoms with Gasteiger partial charge in [-0.25, -0.2) is 9.13 Å². The van der Waals surface area contributed by atoms with Crippen LogP contribution in [0.4, 0.5) is 0 Å². The van der Waals surface area contributed by atoms with E-state index in [4.69, 9.17) is 37.0 Å². The monoisotopic (exact) mass is 1500 g/mol. The lowest BCUT2D eigenvalue weighted by atomic mass is 10.0. The van der Waals surface area contributed by atoms with E-state index >= 15 is 0 Å². The minimum Gasteiger partial charge on any atom is -0.462 e. The minimum atomic E-state index is -4.99. The number of hydrogen-bond acceptors (Lipinski definition) is 15. The molecule has 5 unspecified atom stereocenters. The summed E-state index contributed by atoms with van der Waals surface area (Å²) < 4.78 is 68.6. The summed E-state index contributed by atoms with van der Waals surface area (Å²) in [6.45, 7) is 4.58. The molecule has 598 valence electrons. The van der Waals surface area contributed by atoms with Crippen molar-refractivity contribution in [2.24, 2.45) is 0 Å². The molecule has 0 heterocycles. The molecule has 0 amide bonds. The first-order chi connectivity index (χ1) is 50.7. The first-order valence-electron chi connectivity index (χ1n) is 40.8. The lowest BCUT2D eigenvalue weighted by Crippen LogP contribution is -2.30. The third kappa shape index (κ3) is 75.7. The van der Waals surface area contributed by atoms with Crippen LogP contribution in [0.3, 0.4) is 0 Å². The number of carbonyl (C=O) groups excluding carboxylic acids is 4. The maximum absolute atomic E-state index is 13.1. The van der Waals surface area contributed by atoms with Gasteiger partial charge in [-0.1, -0.05) is 303 Å². The number of allylic oxidation sites excluding steroid dienone is 20. The van der Waals surface area contributed by atoms with E-state index < -0.39 is 97.5 Å². The maximum Gasteiger partial charge on any atom is 0.472 e. The van der Waals surface area contributed by atoms with Crippen molar-refractivity contribution < 1.29 is 80.2 Å². The topological polar surface area (TPSA) is 237 Å². The fourth-order valence-electron chi connectivity index (χ4n) is 10.7. The molecule has 0 rings (SSSR count). The third-order valence-electron chi connectivity index (χ3n) is 16.9. The molecule has 0 aromatic heterocycles. The highest BCUT2D eigenvalue weighted by Gasteiger charge is 2.30. The van der Waals surface area contributed by atoms with Crippen LogP contribution in [0.25, 0.3) is 0 Å². The van der Waals surface area contributed by atoms with Crippen molar-refractivity contribution in [3.05, 3.63) is 122 Å². The molecule has 0 fully saturated rings. The van der Waals surface area contributed by atoms with Crippen LogP contribution in [0.2, 0.25) is 0 Å². The van der Waals surface area contributed by atoms with Gasteiger partial charge in [-0.15, -0.1) is 0 Å². The quantitative estimate of drug-likeness (QED) is 0.0169. The Hall–Kier alpha value is -4.54. The van der Waals surface area contributed by atoms with E-state index in [1.807, 2.05) is 0 Å². The molecular weight excluding hydrogens is 1350 g/mol. The number of aliphatic hydroxyl groups excluding tert-OH is 1. The highest BCUT2D eigenvalue weighted by atomic mass is 31.2. The zero-order valence-electron chi connectivity index (χ0n) is 65.4. The number of ether oxygens (including phenoxy) is 4. The highest BCUT2D eigenvalue weighted by molar-refractivity contribution is 7.47. The first-order valence-corrected chi connectivity index (χ1v) is 43.8. The van der Waals surface area contributed by atoms with Crippen LogP contribution in [0.15, 0.2) is 122 Å². The molecule has 0 radical (unpaired) electrons.